The molecular weight excluding hydrogens is 244 g/mol. The Bertz CT molecular complexity index is 403. The second kappa shape index (κ2) is 5.01. The van der Waals surface area contributed by atoms with E-state index in [0.717, 1.165) is 25.7 Å². The highest BCUT2D eigenvalue weighted by Crippen LogP contribution is 2.33. The van der Waals surface area contributed by atoms with Crippen molar-refractivity contribution in [3.8, 4) is 0 Å². The zero-order valence-corrected chi connectivity index (χ0v) is 10.1. The highest BCUT2D eigenvalue weighted by Gasteiger charge is 2.31. The SMILES string of the molecule is O=C(O)Cn1nnnc1SCC1(O)CCCC1. The quantitative estimate of drug-likeness (QED) is 0.725. The van der Waals surface area contributed by atoms with E-state index in [9.17, 15) is 9.90 Å². The normalized spacial score (nSPS) is 18.4. The maximum Gasteiger partial charge on any atom is 0.325 e. The van der Waals surface area contributed by atoms with E-state index in [1.54, 1.807) is 0 Å². The Hall–Kier alpha value is -1.15. The first kappa shape index (κ1) is 12.3. The van der Waals surface area contributed by atoms with Gasteiger partial charge < -0.3 is 10.2 Å². The van der Waals surface area contributed by atoms with E-state index in [4.69, 9.17) is 5.11 Å². The number of carbonyl (C=O) groups is 1. The summed E-state index contributed by atoms with van der Waals surface area (Å²) < 4.78 is 1.23. The van der Waals surface area contributed by atoms with Crippen LogP contribution in [-0.4, -0.2) is 47.7 Å². The Morgan fingerprint density at radius 2 is 2.18 bits per heavy atom. The van der Waals surface area contributed by atoms with Crippen LogP contribution in [0.1, 0.15) is 25.7 Å². The molecular formula is C9H14N4O3S. The molecule has 1 saturated carbocycles. The first-order chi connectivity index (χ1) is 8.09. The van der Waals surface area contributed by atoms with Gasteiger partial charge >= 0.3 is 5.97 Å². The van der Waals surface area contributed by atoms with Gasteiger partial charge in [-0.2, -0.15) is 0 Å². The first-order valence-corrected chi connectivity index (χ1v) is 6.41. The summed E-state index contributed by atoms with van der Waals surface area (Å²) in [6.45, 7) is -0.256. The van der Waals surface area contributed by atoms with Gasteiger partial charge in [-0.25, -0.2) is 4.68 Å². The van der Waals surface area contributed by atoms with Gasteiger partial charge in [-0.05, 0) is 23.3 Å². The smallest absolute Gasteiger partial charge is 0.325 e. The van der Waals surface area contributed by atoms with Crippen LogP contribution in [0.2, 0.25) is 0 Å². The lowest BCUT2D eigenvalue weighted by molar-refractivity contribution is -0.138. The van der Waals surface area contributed by atoms with Crippen molar-refractivity contribution in [3.63, 3.8) is 0 Å². The van der Waals surface area contributed by atoms with Crippen LogP contribution in [0.25, 0.3) is 0 Å². The third-order valence-corrected chi connectivity index (χ3v) is 4.02. The molecule has 1 fully saturated rings. The fraction of sp³-hybridized carbons (Fsp3) is 0.778. The van der Waals surface area contributed by atoms with Gasteiger partial charge in [0.2, 0.25) is 5.16 Å². The molecule has 0 radical (unpaired) electrons. The van der Waals surface area contributed by atoms with Crippen LogP contribution in [0.15, 0.2) is 5.16 Å². The molecule has 0 atom stereocenters. The topological polar surface area (TPSA) is 101 Å². The van der Waals surface area contributed by atoms with Crippen LogP contribution < -0.4 is 0 Å². The predicted octanol–water partition coefficient (Wildman–Crippen LogP) is 0.155. The van der Waals surface area contributed by atoms with Crippen LogP contribution in [0.5, 0.6) is 0 Å². The molecule has 0 aliphatic heterocycles. The van der Waals surface area contributed by atoms with Crippen molar-refractivity contribution in [2.45, 2.75) is 43.0 Å². The van der Waals surface area contributed by atoms with E-state index in [1.165, 1.54) is 16.4 Å². The molecule has 2 rings (SSSR count). The summed E-state index contributed by atoms with van der Waals surface area (Å²) in [4.78, 5) is 10.6. The minimum absolute atomic E-state index is 0.256. The summed E-state index contributed by atoms with van der Waals surface area (Å²) in [7, 11) is 0. The molecule has 0 aromatic carbocycles. The summed E-state index contributed by atoms with van der Waals surface area (Å²) in [5.74, 6) is -0.480. The maximum absolute atomic E-state index is 10.6. The molecule has 1 aliphatic carbocycles. The Morgan fingerprint density at radius 1 is 1.47 bits per heavy atom. The number of hydrogen-bond acceptors (Lipinski definition) is 6. The molecule has 0 amide bonds. The summed E-state index contributed by atoms with van der Waals surface area (Å²) in [6, 6.07) is 0. The second-order valence-electron chi connectivity index (χ2n) is 4.23. The van der Waals surface area contributed by atoms with Crippen LogP contribution in [0.3, 0.4) is 0 Å². The molecule has 8 heteroatoms. The van der Waals surface area contributed by atoms with E-state index in [2.05, 4.69) is 15.5 Å². The number of aliphatic carboxylic acids is 1. The Morgan fingerprint density at radius 3 is 2.82 bits per heavy atom. The van der Waals surface area contributed by atoms with Crippen LogP contribution in [0.4, 0.5) is 0 Å². The fourth-order valence-corrected chi connectivity index (χ4v) is 2.93. The van der Waals surface area contributed by atoms with Crippen LogP contribution in [0, 0.1) is 0 Å². The van der Waals surface area contributed by atoms with Gasteiger partial charge in [0.25, 0.3) is 0 Å². The minimum atomic E-state index is -0.987. The number of aromatic nitrogens is 4. The molecule has 1 aliphatic rings. The monoisotopic (exact) mass is 258 g/mol. The molecule has 1 aromatic rings. The van der Waals surface area contributed by atoms with Gasteiger partial charge in [-0.3, -0.25) is 4.79 Å². The van der Waals surface area contributed by atoms with Crippen LogP contribution >= 0.6 is 11.8 Å². The molecule has 0 saturated heterocycles. The van der Waals surface area contributed by atoms with Gasteiger partial charge in [0.05, 0.1) is 5.60 Å². The van der Waals surface area contributed by atoms with Crippen molar-refractivity contribution in [2.75, 3.05) is 5.75 Å². The number of nitrogens with zero attached hydrogens (tertiary/aromatic N) is 4. The van der Waals surface area contributed by atoms with E-state index in [-0.39, 0.29) is 6.54 Å². The average molecular weight is 258 g/mol. The van der Waals surface area contributed by atoms with E-state index in [0.29, 0.717) is 10.9 Å². The summed E-state index contributed by atoms with van der Waals surface area (Å²) in [5, 5.41) is 30.0. The lowest BCUT2D eigenvalue weighted by atomic mass is 10.1. The van der Waals surface area contributed by atoms with Crippen molar-refractivity contribution in [1.82, 2.24) is 20.2 Å². The van der Waals surface area contributed by atoms with Gasteiger partial charge in [0, 0.05) is 5.75 Å². The van der Waals surface area contributed by atoms with E-state index < -0.39 is 11.6 Å². The van der Waals surface area contributed by atoms with Crippen LogP contribution in [-0.2, 0) is 11.3 Å². The lowest BCUT2D eigenvalue weighted by Gasteiger charge is -2.20. The van der Waals surface area contributed by atoms with Gasteiger partial charge in [-0.15, -0.1) is 5.10 Å². The van der Waals surface area contributed by atoms with Crippen molar-refractivity contribution in [1.29, 1.82) is 0 Å². The lowest BCUT2D eigenvalue weighted by Crippen LogP contribution is -2.27. The van der Waals surface area contributed by atoms with Gasteiger partial charge in [0.15, 0.2) is 0 Å². The molecule has 2 N–H and O–H groups in total. The number of thioether (sulfide) groups is 1. The Labute approximate surface area is 102 Å². The van der Waals surface area contributed by atoms with Crippen molar-refractivity contribution in [2.24, 2.45) is 0 Å². The highest BCUT2D eigenvalue weighted by molar-refractivity contribution is 7.99. The Kier molecular flexibility index (Phi) is 3.63. The molecule has 7 nitrogen and oxygen atoms in total. The number of aliphatic hydroxyl groups is 1. The number of tetrazole rings is 1. The number of carboxylic acid groups (broad SMARTS) is 1. The van der Waals surface area contributed by atoms with Crippen molar-refractivity contribution < 1.29 is 15.0 Å². The molecule has 0 bridgehead atoms. The number of hydrogen-bond donors (Lipinski definition) is 2. The van der Waals surface area contributed by atoms with Gasteiger partial charge in [-0.1, -0.05) is 24.6 Å². The summed E-state index contributed by atoms with van der Waals surface area (Å²) in [6.07, 6.45) is 3.66. The third kappa shape index (κ3) is 3.16. The van der Waals surface area contributed by atoms with Gasteiger partial charge in [0.1, 0.15) is 6.54 Å². The fourth-order valence-electron chi connectivity index (χ4n) is 1.90. The standard InChI is InChI=1S/C9H14N4O3S/c14-7(15)5-13-8(10-11-12-13)17-6-9(16)3-1-2-4-9/h16H,1-6H2,(H,14,15). The first-order valence-electron chi connectivity index (χ1n) is 5.42. The van der Waals surface area contributed by atoms with E-state index in [1.807, 2.05) is 0 Å². The minimum Gasteiger partial charge on any atom is -0.480 e. The number of carboxylic acids is 1. The predicted molar refractivity (Wildman–Crippen MR) is 59.6 cm³/mol. The maximum atomic E-state index is 10.6. The molecule has 0 unspecified atom stereocenters. The molecule has 94 valence electrons. The van der Waals surface area contributed by atoms with E-state index >= 15 is 0 Å². The zero-order chi connectivity index (χ0) is 12.3. The third-order valence-electron chi connectivity index (χ3n) is 2.79. The molecule has 1 heterocycles. The zero-order valence-electron chi connectivity index (χ0n) is 9.24. The highest BCUT2D eigenvalue weighted by atomic mass is 32.2. The number of rotatable bonds is 5. The Balaban J connectivity index is 1.94. The van der Waals surface area contributed by atoms with Crippen molar-refractivity contribution in [3.05, 3.63) is 0 Å². The second-order valence-corrected chi connectivity index (χ2v) is 5.18. The van der Waals surface area contributed by atoms with Crippen molar-refractivity contribution >= 4 is 17.7 Å². The average Bonchev–Trinajstić information content (AvgIpc) is 2.85. The molecule has 1 aromatic heterocycles. The largest absolute Gasteiger partial charge is 0.480 e. The molecule has 17 heavy (non-hydrogen) atoms. The molecule has 0 spiro atoms. The summed E-state index contributed by atoms with van der Waals surface area (Å²) >= 11 is 1.31. The summed E-state index contributed by atoms with van der Waals surface area (Å²) in [5.41, 5.74) is -0.648.